The molecular formula is C7H8ClNS. The average molecular weight is 174 g/mol. The minimum Gasteiger partial charge on any atom is -0.250 e. The molecule has 2 rings (SSSR count). The number of nitrogens with zero attached hydrogens (tertiary/aromatic N) is 1. The number of thiazole rings is 1. The van der Waals surface area contributed by atoms with Gasteiger partial charge >= 0.3 is 0 Å². The third-order valence-corrected chi connectivity index (χ3v) is 3.56. The summed E-state index contributed by atoms with van der Waals surface area (Å²) in [5.74, 6) is 0. The van der Waals surface area contributed by atoms with Gasteiger partial charge in [-0.3, -0.25) is 0 Å². The zero-order valence-corrected chi connectivity index (χ0v) is 7.30. The molecule has 1 saturated carbocycles. The zero-order chi connectivity index (χ0) is 7.19. The molecule has 0 aliphatic heterocycles. The van der Waals surface area contributed by atoms with Gasteiger partial charge in [-0.2, -0.15) is 0 Å². The highest BCUT2D eigenvalue weighted by Gasteiger charge is 2.43. The van der Waals surface area contributed by atoms with Crippen LogP contribution in [0.1, 0.15) is 22.7 Å². The standard InChI is InChI=1S/C7H8ClNS/c1-5-9-4-6(10-5)7(8)2-3-7/h4H,2-3H2,1H3. The summed E-state index contributed by atoms with van der Waals surface area (Å²) in [6.07, 6.45) is 4.15. The topological polar surface area (TPSA) is 12.9 Å². The molecule has 3 heteroatoms. The fourth-order valence-corrected chi connectivity index (χ4v) is 2.10. The normalized spacial score (nSPS) is 21.0. The third-order valence-electron chi connectivity index (χ3n) is 1.75. The highest BCUT2D eigenvalue weighted by atomic mass is 35.5. The molecule has 0 N–H and O–H groups in total. The van der Waals surface area contributed by atoms with Crippen LogP contribution < -0.4 is 0 Å². The van der Waals surface area contributed by atoms with Gasteiger partial charge in [0, 0.05) is 11.1 Å². The van der Waals surface area contributed by atoms with Crippen molar-refractivity contribution in [2.24, 2.45) is 0 Å². The lowest BCUT2D eigenvalue weighted by molar-refractivity contribution is 1.04. The summed E-state index contributed by atoms with van der Waals surface area (Å²) in [7, 11) is 0. The first-order valence-electron chi connectivity index (χ1n) is 3.32. The Morgan fingerprint density at radius 1 is 1.70 bits per heavy atom. The number of hydrogen-bond donors (Lipinski definition) is 0. The minimum atomic E-state index is -0.00801. The molecule has 1 aromatic heterocycles. The Morgan fingerprint density at radius 2 is 2.40 bits per heavy atom. The second-order valence-corrected chi connectivity index (χ2v) is 4.67. The predicted octanol–water partition coefficient (Wildman–Crippen LogP) is 2.68. The van der Waals surface area contributed by atoms with Crippen molar-refractivity contribution in [2.75, 3.05) is 0 Å². The Hall–Kier alpha value is -0.0800. The smallest absolute Gasteiger partial charge is 0.0897 e. The molecule has 1 heterocycles. The number of halogens is 1. The van der Waals surface area contributed by atoms with Crippen molar-refractivity contribution in [3.8, 4) is 0 Å². The summed E-state index contributed by atoms with van der Waals surface area (Å²) in [5.41, 5.74) is 0. The Kier molecular flexibility index (Phi) is 1.29. The van der Waals surface area contributed by atoms with Crippen molar-refractivity contribution in [2.45, 2.75) is 24.6 Å². The second-order valence-electron chi connectivity index (χ2n) is 2.71. The van der Waals surface area contributed by atoms with Crippen LogP contribution in [0, 0.1) is 6.92 Å². The van der Waals surface area contributed by atoms with Gasteiger partial charge in [-0.1, -0.05) is 0 Å². The van der Waals surface area contributed by atoms with E-state index >= 15 is 0 Å². The molecule has 0 amide bonds. The van der Waals surface area contributed by atoms with Crippen LogP contribution in [0.4, 0.5) is 0 Å². The van der Waals surface area contributed by atoms with E-state index in [2.05, 4.69) is 4.98 Å². The lowest BCUT2D eigenvalue weighted by Crippen LogP contribution is -1.89. The number of alkyl halides is 1. The fraction of sp³-hybridized carbons (Fsp3) is 0.571. The van der Waals surface area contributed by atoms with Gasteiger partial charge in [-0.15, -0.1) is 22.9 Å². The molecule has 1 aliphatic carbocycles. The first kappa shape index (κ1) is 6.62. The quantitative estimate of drug-likeness (QED) is 0.596. The molecule has 1 aliphatic rings. The van der Waals surface area contributed by atoms with Crippen LogP contribution in [0.25, 0.3) is 0 Å². The van der Waals surface area contributed by atoms with Gasteiger partial charge in [-0.25, -0.2) is 4.98 Å². The molecule has 54 valence electrons. The number of rotatable bonds is 1. The Labute approximate surface area is 69.0 Å². The van der Waals surface area contributed by atoms with Gasteiger partial charge in [0.2, 0.25) is 0 Å². The van der Waals surface area contributed by atoms with Crippen molar-refractivity contribution in [3.63, 3.8) is 0 Å². The lowest BCUT2D eigenvalue weighted by Gasteiger charge is -1.97. The summed E-state index contributed by atoms with van der Waals surface area (Å²) in [4.78, 5) is 5.39. The van der Waals surface area contributed by atoms with Gasteiger partial charge in [0.25, 0.3) is 0 Å². The summed E-state index contributed by atoms with van der Waals surface area (Å²) in [5, 5.41) is 1.11. The van der Waals surface area contributed by atoms with E-state index in [-0.39, 0.29) is 4.87 Å². The molecule has 0 saturated heterocycles. The van der Waals surface area contributed by atoms with Crippen molar-refractivity contribution in [1.29, 1.82) is 0 Å². The van der Waals surface area contributed by atoms with E-state index in [4.69, 9.17) is 11.6 Å². The lowest BCUT2D eigenvalue weighted by atomic mass is 10.4. The molecule has 0 aromatic carbocycles. The van der Waals surface area contributed by atoms with Crippen LogP contribution in [-0.4, -0.2) is 4.98 Å². The maximum Gasteiger partial charge on any atom is 0.0897 e. The second kappa shape index (κ2) is 1.95. The first-order chi connectivity index (χ1) is 4.71. The highest BCUT2D eigenvalue weighted by molar-refractivity contribution is 7.12. The number of hydrogen-bond acceptors (Lipinski definition) is 2. The van der Waals surface area contributed by atoms with Crippen LogP contribution in [0.5, 0.6) is 0 Å². The van der Waals surface area contributed by atoms with Crippen molar-refractivity contribution in [3.05, 3.63) is 16.1 Å². The van der Waals surface area contributed by atoms with E-state index in [1.165, 1.54) is 4.88 Å². The van der Waals surface area contributed by atoms with Gasteiger partial charge in [0.1, 0.15) is 0 Å². The van der Waals surface area contributed by atoms with E-state index in [1.54, 1.807) is 11.3 Å². The van der Waals surface area contributed by atoms with Crippen LogP contribution in [0.15, 0.2) is 6.20 Å². The Bertz CT molecular complexity index is 252. The van der Waals surface area contributed by atoms with Crippen molar-refractivity contribution >= 4 is 22.9 Å². The van der Waals surface area contributed by atoms with Crippen molar-refractivity contribution < 1.29 is 0 Å². The molecule has 0 spiro atoms. The van der Waals surface area contributed by atoms with Gasteiger partial charge in [-0.05, 0) is 19.8 Å². The molecule has 1 fully saturated rings. The SMILES string of the molecule is Cc1ncc(C2(Cl)CC2)s1. The largest absolute Gasteiger partial charge is 0.250 e. The van der Waals surface area contributed by atoms with Gasteiger partial charge < -0.3 is 0 Å². The highest BCUT2D eigenvalue weighted by Crippen LogP contribution is 2.53. The third kappa shape index (κ3) is 0.956. The molecule has 0 unspecified atom stereocenters. The average Bonchev–Trinajstić information content (AvgIpc) is 2.45. The molecule has 0 radical (unpaired) electrons. The molecule has 1 aromatic rings. The predicted molar refractivity (Wildman–Crippen MR) is 43.6 cm³/mol. The van der Waals surface area contributed by atoms with E-state index < -0.39 is 0 Å². The molecular weight excluding hydrogens is 166 g/mol. The fourth-order valence-electron chi connectivity index (χ4n) is 0.925. The van der Waals surface area contributed by atoms with Crippen LogP contribution >= 0.6 is 22.9 Å². The monoisotopic (exact) mass is 173 g/mol. The first-order valence-corrected chi connectivity index (χ1v) is 4.52. The summed E-state index contributed by atoms with van der Waals surface area (Å²) in [6.45, 7) is 2.01. The summed E-state index contributed by atoms with van der Waals surface area (Å²) < 4.78 is 0. The summed E-state index contributed by atoms with van der Waals surface area (Å²) >= 11 is 7.87. The van der Waals surface area contributed by atoms with Gasteiger partial charge in [0.05, 0.1) is 9.88 Å². The summed E-state index contributed by atoms with van der Waals surface area (Å²) in [6, 6.07) is 0. The van der Waals surface area contributed by atoms with E-state index in [1.807, 2.05) is 13.1 Å². The van der Waals surface area contributed by atoms with Crippen molar-refractivity contribution in [1.82, 2.24) is 4.98 Å². The van der Waals surface area contributed by atoms with Crippen LogP contribution in [-0.2, 0) is 4.87 Å². The van der Waals surface area contributed by atoms with E-state index in [9.17, 15) is 0 Å². The van der Waals surface area contributed by atoms with Crippen LogP contribution in [0.2, 0.25) is 0 Å². The molecule has 0 bridgehead atoms. The van der Waals surface area contributed by atoms with E-state index in [0.717, 1.165) is 17.8 Å². The number of aromatic nitrogens is 1. The molecule has 0 atom stereocenters. The zero-order valence-electron chi connectivity index (χ0n) is 5.72. The Balaban J connectivity index is 2.34. The maximum atomic E-state index is 6.15. The van der Waals surface area contributed by atoms with Gasteiger partial charge in [0.15, 0.2) is 0 Å². The molecule has 10 heavy (non-hydrogen) atoms. The van der Waals surface area contributed by atoms with E-state index in [0.29, 0.717) is 0 Å². The number of aryl methyl sites for hydroxylation is 1. The maximum absolute atomic E-state index is 6.15. The minimum absolute atomic E-state index is 0.00801. The van der Waals surface area contributed by atoms with Crippen LogP contribution in [0.3, 0.4) is 0 Å². The molecule has 1 nitrogen and oxygen atoms in total. The Morgan fingerprint density at radius 3 is 2.80 bits per heavy atom.